The van der Waals surface area contributed by atoms with Crippen LogP contribution in [0.1, 0.15) is 5.56 Å². The smallest absolute Gasteiger partial charge is 0.162 e. The quantitative estimate of drug-likeness (QED) is 0.538. The molecule has 0 fully saturated rings. The van der Waals surface area contributed by atoms with Crippen molar-refractivity contribution in [3.8, 4) is 0 Å². The van der Waals surface area contributed by atoms with Crippen LogP contribution in [0.15, 0.2) is 30.3 Å². The Balaban J connectivity index is 2.73. The van der Waals surface area contributed by atoms with Crippen LogP contribution in [0.5, 0.6) is 0 Å². The zero-order valence-corrected chi connectivity index (χ0v) is 9.94. The Bertz CT molecular complexity index is 355. The minimum atomic E-state index is 1.22. The lowest BCUT2D eigenvalue weighted by atomic mass is 10.2. The lowest BCUT2D eigenvalue weighted by Gasteiger charge is -2.11. The van der Waals surface area contributed by atoms with Gasteiger partial charge in [-0.15, -0.1) is 0 Å². The summed E-state index contributed by atoms with van der Waals surface area (Å²) in [6, 6.07) is 8.48. The zero-order valence-electron chi connectivity index (χ0n) is 9.94. The molecule has 2 nitrogen and oxygen atoms in total. The van der Waals surface area contributed by atoms with Crippen molar-refractivity contribution in [1.29, 1.82) is 0 Å². The van der Waals surface area contributed by atoms with E-state index in [0.717, 1.165) is 0 Å². The van der Waals surface area contributed by atoms with Crippen molar-refractivity contribution in [2.24, 2.45) is 0 Å². The van der Waals surface area contributed by atoms with Crippen LogP contribution in [-0.4, -0.2) is 39.0 Å². The van der Waals surface area contributed by atoms with Gasteiger partial charge in [-0.3, -0.25) is 0 Å². The lowest BCUT2D eigenvalue weighted by Crippen LogP contribution is -2.07. The van der Waals surface area contributed by atoms with Crippen molar-refractivity contribution in [3.05, 3.63) is 35.9 Å². The second-order valence-electron chi connectivity index (χ2n) is 3.96. The molecule has 0 atom stereocenters. The van der Waals surface area contributed by atoms with Gasteiger partial charge in [0.05, 0.1) is 0 Å². The summed E-state index contributed by atoms with van der Waals surface area (Å²) < 4.78 is 2.02. The monoisotopic (exact) mass is 203 g/mol. The maximum Gasteiger partial charge on any atom is 0.162 e. The third-order valence-electron chi connectivity index (χ3n) is 2.08. The third kappa shape index (κ3) is 3.98. The summed E-state index contributed by atoms with van der Waals surface area (Å²) in [6.07, 6.45) is 6.17. The van der Waals surface area contributed by atoms with E-state index in [9.17, 15) is 0 Å². The summed E-state index contributed by atoms with van der Waals surface area (Å²) in [7, 11) is 8.12. The molecule has 0 unspecified atom stereocenters. The highest BCUT2D eigenvalue weighted by Crippen LogP contribution is 2.12. The van der Waals surface area contributed by atoms with Crippen LogP contribution in [0.3, 0.4) is 0 Å². The standard InChI is InChI=1S/C13H19N2/c1-14(2)11-5-6-12-7-9-13(10-8-12)15(3)4/h5-11H,1-4H3/q+1. The van der Waals surface area contributed by atoms with Crippen molar-refractivity contribution in [1.82, 2.24) is 0 Å². The summed E-state index contributed by atoms with van der Waals surface area (Å²) in [5.74, 6) is 0. The number of hydrogen-bond acceptors (Lipinski definition) is 1. The highest BCUT2D eigenvalue weighted by Gasteiger charge is 1.92. The minimum absolute atomic E-state index is 1.22. The molecule has 0 heterocycles. The van der Waals surface area contributed by atoms with Crippen molar-refractivity contribution >= 4 is 18.0 Å². The Morgan fingerprint density at radius 2 is 1.67 bits per heavy atom. The molecule has 0 amide bonds. The molecule has 0 aliphatic rings. The average molecular weight is 203 g/mol. The topological polar surface area (TPSA) is 6.25 Å². The van der Waals surface area contributed by atoms with Crippen LogP contribution in [0.4, 0.5) is 5.69 Å². The van der Waals surface area contributed by atoms with Gasteiger partial charge in [0.1, 0.15) is 14.1 Å². The van der Waals surface area contributed by atoms with Gasteiger partial charge in [0.2, 0.25) is 0 Å². The molecule has 1 rings (SSSR count). The maximum atomic E-state index is 2.12. The average Bonchev–Trinajstić information content (AvgIpc) is 2.18. The molecule has 0 aliphatic heterocycles. The first-order valence-electron chi connectivity index (χ1n) is 5.05. The molecular weight excluding hydrogens is 184 g/mol. The molecule has 0 saturated heterocycles. The number of benzene rings is 1. The molecule has 0 saturated carbocycles. The van der Waals surface area contributed by atoms with Crippen LogP contribution in [0.25, 0.3) is 6.08 Å². The molecule has 1 aromatic carbocycles. The molecule has 0 aromatic heterocycles. The van der Waals surface area contributed by atoms with Crippen molar-refractivity contribution in [3.63, 3.8) is 0 Å². The number of rotatable bonds is 3. The van der Waals surface area contributed by atoms with Crippen molar-refractivity contribution in [2.75, 3.05) is 33.1 Å². The van der Waals surface area contributed by atoms with Crippen molar-refractivity contribution < 1.29 is 4.58 Å². The van der Waals surface area contributed by atoms with Crippen LogP contribution >= 0.6 is 0 Å². The molecule has 15 heavy (non-hydrogen) atoms. The molecule has 2 heteroatoms. The van der Waals surface area contributed by atoms with Crippen molar-refractivity contribution in [2.45, 2.75) is 0 Å². The van der Waals surface area contributed by atoms with Gasteiger partial charge < -0.3 is 4.90 Å². The summed E-state index contributed by atoms with van der Waals surface area (Å²) in [5.41, 5.74) is 2.45. The normalized spacial score (nSPS) is 10.4. The van der Waals surface area contributed by atoms with E-state index in [0.29, 0.717) is 0 Å². The lowest BCUT2D eigenvalue weighted by molar-refractivity contribution is -0.458. The Hall–Kier alpha value is -1.57. The molecule has 0 spiro atoms. The first kappa shape index (κ1) is 11.5. The molecule has 80 valence electrons. The summed E-state index contributed by atoms with van der Waals surface area (Å²) >= 11 is 0. The van der Waals surface area contributed by atoms with E-state index >= 15 is 0 Å². The third-order valence-corrected chi connectivity index (χ3v) is 2.08. The van der Waals surface area contributed by atoms with E-state index in [2.05, 4.69) is 35.2 Å². The molecule has 0 bridgehead atoms. The second-order valence-corrected chi connectivity index (χ2v) is 3.96. The SMILES string of the molecule is CN(C)c1ccc(/C=C/C=[N+](C)C)cc1. The van der Waals surface area contributed by atoms with Crippen LogP contribution < -0.4 is 4.90 Å². The largest absolute Gasteiger partial charge is 0.378 e. The Morgan fingerprint density at radius 1 is 1.07 bits per heavy atom. The van der Waals surface area contributed by atoms with Gasteiger partial charge >= 0.3 is 0 Å². The van der Waals surface area contributed by atoms with E-state index in [1.54, 1.807) is 0 Å². The molecule has 0 aliphatic carbocycles. The van der Waals surface area contributed by atoms with E-state index in [-0.39, 0.29) is 0 Å². The Labute approximate surface area is 92.2 Å². The van der Waals surface area contributed by atoms with Crippen LogP contribution in [0, 0.1) is 0 Å². The van der Waals surface area contributed by atoms with E-state index in [1.165, 1.54) is 11.3 Å². The van der Waals surface area contributed by atoms with Gasteiger partial charge in [-0.25, -0.2) is 4.58 Å². The van der Waals surface area contributed by atoms with Gasteiger partial charge in [0.15, 0.2) is 6.21 Å². The van der Waals surface area contributed by atoms with Gasteiger partial charge in [-0.1, -0.05) is 12.1 Å². The zero-order chi connectivity index (χ0) is 11.3. The highest BCUT2D eigenvalue weighted by molar-refractivity contribution is 5.75. The predicted octanol–water partition coefficient (Wildman–Crippen LogP) is 2.11. The van der Waals surface area contributed by atoms with Gasteiger partial charge in [0, 0.05) is 25.9 Å². The first-order chi connectivity index (χ1) is 7.09. The Morgan fingerprint density at radius 3 is 2.13 bits per heavy atom. The summed E-state index contributed by atoms with van der Waals surface area (Å²) in [4.78, 5) is 2.10. The van der Waals surface area contributed by atoms with Gasteiger partial charge in [-0.2, -0.15) is 0 Å². The molecule has 1 aromatic rings. The van der Waals surface area contributed by atoms with E-state index in [4.69, 9.17) is 0 Å². The fourth-order valence-corrected chi connectivity index (χ4v) is 1.21. The van der Waals surface area contributed by atoms with E-state index < -0.39 is 0 Å². The minimum Gasteiger partial charge on any atom is -0.378 e. The number of nitrogens with zero attached hydrogens (tertiary/aromatic N) is 2. The maximum absolute atomic E-state index is 2.12. The summed E-state index contributed by atoms with van der Waals surface area (Å²) in [5, 5.41) is 0. The van der Waals surface area contributed by atoms with Gasteiger partial charge in [0.25, 0.3) is 0 Å². The first-order valence-corrected chi connectivity index (χ1v) is 5.05. The fourth-order valence-electron chi connectivity index (χ4n) is 1.21. The number of allylic oxidation sites excluding steroid dienone is 1. The van der Waals surface area contributed by atoms with E-state index in [1.807, 2.05) is 45.1 Å². The molecule has 0 radical (unpaired) electrons. The fraction of sp³-hybridized carbons (Fsp3) is 0.308. The summed E-state index contributed by atoms with van der Waals surface area (Å²) in [6.45, 7) is 0. The van der Waals surface area contributed by atoms with Crippen LogP contribution in [-0.2, 0) is 0 Å². The second kappa shape index (κ2) is 5.35. The number of hydrogen-bond donors (Lipinski definition) is 0. The van der Waals surface area contributed by atoms with Gasteiger partial charge in [-0.05, 0) is 23.8 Å². The van der Waals surface area contributed by atoms with Crippen LogP contribution in [0.2, 0.25) is 0 Å². The highest BCUT2D eigenvalue weighted by atomic mass is 15.1. The Kier molecular flexibility index (Phi) is 4.10. The predicted molar refractivity (Wildman–Crippen MR) is 68.0 cm³/mol. The number of anilines is 1. The molecular formula is C13H19N2+. The molecule has 0 N–H and O–H groups in total.